The van der Waals surface area contributed by atoms with Crippen molar-refractivity contribution in [2.24, 2.45) is 0 Å². The zero-order valence-electron chi connectivity index (χ0n) is 14.2. The minimum absolute atomic E-state index is 0.00747. The summed E-state index contributed by atoms with van der Waals surface area (Å²) in [6.07, 6.45) is 0.631. The molecule has 24 heavy (non-hydrogen) atoms. The number of amides is 1. The monoisotopic (exact) mass is 335 g/mol. The third-order valence-electron chi connectivity index (χ3n) is 4.15. The highest BCUT2D eigenvalue weighted by molar-refractivity contribution is 5.78. The third kappa shape index (κ3) is 3.55. The quantitative estimate of drug-likeness (QED) is 0.874. The Morgan fingerprint density at radius 3 is 2.54 bits per heavy atom. The molecule has 2 aromatic rings. The number of nitrogens with one attached hydrogen (secondary N) is 1. The molecule has 0 saturated carbocycles. The molecule has 1 N–H and O–H groups in total. The van der Waals surface area contributed by atoms with Crippen molar-refractivity contribution in [1.82, 2.24) is 14.5 Å². The fourth-order valence-corrected chi connectivity index (χ4v) is 2.71. The zero-order chi connectivity index (χ0) is 17.9. The molecule has 0 spiro atoms. The van der Waals surface area contributed by atoms with Crippen LogP contribution in [0, 0.1) is 12.7 Å². The number of benzene rings is 1. The van der Waals surface area contributed by atoms with Crippen molar-refractivity contribution in [3.8, 4) is 0 Å². The number of aryl methyl sites for hydroxylation is 1. The van der Waals surface area contributed by atoms with Crippen LogP contribution in [0.5, 0.6) is 0 Å². The molecule has 1 amide bonds. The van der Waals surface area contributed by atoms with Gasteiger partial charge in [-0.25, -0.2) is 9.18 Å². The van der Waals surface area contributed by atoms with Gasteiger partial charge in [0.1, 0.15) is 5.82 Å². The Balaban J connectivity index is 2.24. The van der Waals surface area contributed by atoms with Crippen molar-refractivity contribution < 1.29 is 9.18 Å². The zero-order valence-corrected chi connectivity index (χ0v) is 14.2. The van der Waals surface area contributed by atoms with E-state index in [9.17, 15) is 18.8 Å². The van der Waals surface area contributed by atoms with E-state index in [2.05, 4.69) is 4.98 Å². The molecule has 6 nitrogen and oxygen atoms in total. The lowest BCUT2D eigenvalue weighted by Crippen LogP contribution is -2.36. The van der Waals surface area contributed by atoms with E-state index in [-0.39, 0.29) is 24.3 Å². The molecule has 1 heterocycles. The van der Waals surface area contributed by atoms with Crippen LogP contribution in [0.3, 0.4) is 0 Å². The van der Waals surface area contributed by atoms with Crippen molar-refractivity contribution in [3.63, 3.8) is 0 Å². The number of halogens is 1. The predicted molar refractivity (Wildman–Crippen MR) is 90.7 cm³/mol. The largest absolute Gasteiger partial charge is 0.343 e. The second kappa shape index (κ2) is 7.42. The van der Waals surface area contributed by atoms with Gasteiger partial charge in [0.05, 0.1) is 10.9 Å². The second-order valence-electron chi connectivity index (χ2n) is 5.70. The number of carbonyl (C=O) groups is 1. The molecule has 0 aliphatic rings. The number of nitrogens with zero attached hydrogens (tertiary/aromatic N) is 2. The highest BCUT2D eigenvalue weighted by atomic mass is 19.1. The number of carbonyl (C=O) groups excluding carboxylic acids is 1. The minimum Gasteiger partial charge on any atom is -0.343 e. The van der Waals surface area contributed by atoms with Crippen LogP contribution >= 0.6 is 0 Å². The lowest BCUT2D eigenvalue weighted by Gasteiger charge is -2.18. The molecule has 0 atom stereocenters. The number of aromatic amines is 1. The summed E-state index contributed by atoms with van der Waals surface area (Å²) in [5.74, 6) is -0.498. The first-order valence-corrected chi connectivity index (χ1v) is 8.09. The first-order chi connectivity index (χ1) is 11.4. The smallest absolute Gasteiger partial charge is 0.328 e. The summed E-state index contributed by atoms with van der Waals surface area (Å²) in [6.45, 7) is 6.74. The Hall–Kier alpha value is -2.44. The summed E-state index contributed by atoms with van der Waals surface area (Å²) in [5, 5.41) is 0.132. The minimum atomic E-state index is -0.547. The third-order valence-corrected chi connectivity index (χ3v) is 4.15. The molecule has 0 radical (unpaired) electrons. The summed E-state index contributed by atoms with van der Waals surface area (Å²) in [6, 6.07) is 2.59. The molecular formula is C17H22FN3O3. The van der Waals surface area contributed by atoms with Gasteiger partial charge >= 0.3 is 5.69 Å². The average molecular weight is 335 g/mol. The Kier molecular flexibility index (Phi) is 5.54. The predicted octanol–water partition coefficient (Wildman–Crippen LogP) is 1.79. The van der Waals surface area contributed by atoms with Crippen LogP contribution in [0.25, 0.3) is 10.9 Å². The van der Waals surface area contributed by atoms with E-state index in [1.165, 1.54) is 6.07 Å². The summed E-state index contributed by atoms with van der Waals surface area (Å²) >= 11 is 0. The maximum Gasteiger partial charge on any atom is 0.328 e. The molecule has 0 fully saturated rings. The maximum atomic E-state index is 13.7. The number of hydrogen-bond donors (Lipinski definition) is 1. The van der Waals surface area contributed by atoms with Gasteiger partial charge in [-0.2, -0.15) is 0 Å². The molecule has 2 rings (SSSR count). The van der Waals surface area contributed by atoms with Gasteiger partial charge in [-0.15, -0.1) is 0 Å². The molecular weight excluding hydrogens is 313 g/mol. The van der Waals surface area contributed by atoms with Crippen LogP contribution in [0.1, 0.15) is 32.3 Å². The van der Waals surface area contributed by atoms with E-state index >= 15 is 0 Å². The van der Waals surface area contributed by atoms with E-state index in [1.807, 2.05) is 13.8 Å². The van der Waals surface area contributed by atoms with E-state index < -0.39 is 17.1 Å². The fourth-order valence-electron chi connectivity index (χ4n) is 2.71. The molecule has 0 bridgehead atoms. The lowest BCUT2D eigenvalue weighted by molar-refractivity contribution is -0.130. The highest BCUT2D eigenvalue weighted by Crippen LogP contribution is 2.12. The van der Waals surface area contributed by atoms with Crippen molar-refractivity contribution in [2.75, 3.05) is 13.1 Å². The summed E-state index contributed by atoms with van der Waals surface area (Å²) in [7, 11) is 0. The maximum absolute atomic E-state index is 13.7. The Morgan fingerprint density at radius 1 is 1.25 bits per heavy atom. The van der Waals surface area contributed by atoms with Crippen LogP contribution in [0.15, 0.2) is 21.7 Å². The second-order valence-corrected chi connectivity index (χ2v) is 5.70. The lowest BCUT2D eigenvalue weighted by atomic mass is 10.1. The van der Waals surface area contributed by atoms with Crippen LogP contribution in [-0.4, -0.2) is 33.4 Å². The van der Waals surface area contributed by atoms with Crippen molar-refractivity contribution >= 4 is 16.8 Å². The van der Waals surface area contributed by atoms with Gasteiger partial charge in [0.2, 0.25) is 5.91 Å². The van der Waals surface area contributed by atoms with Gasteiger partial charge in [0.25, 0.3) is 5.56 Å². The van der Waals surface area contributed by atoms with Gasteiger partial charge in [-0.3, -0.25) is 14.2 Å². The fraction of sp³-hybridized carbons (Fsp3) is 0.471. The van der Waals surface area contributed by atoms with Gasteiger partial charge in [-0.05, 0) is 44.9 Å². The molecule has 0 aliphatic carbocycles. The van der Waals surface area contributed by atoms with Crippen molar-refractivity contribution in [2.45, 2.75) is 40.2 Å². The number of hydrogen-bond acceptors (Lipinski definition) is 3. The molecule has 0 unspecified atom stereocenters. The summed E-state index contributed by atoms with van der Waals surface area (Å²) < 4.78 is 14.7. The van der Waals surface area contributed by atoms with E-state index in [1.54, 1.807) is 11.8 Å². The SMILES string of the molecule is CCN(CC)C(=O)CCCn1c(=O)[nH]c2cc(C)c(F)cc2c1=O. The molecule has 130 valence electrons. The number of fused-ring (bicyclic) bond motifs is 1. The van der Waals surface area contributed by atoms with E-state index in [0.29, 0.717) is 30.6 Å². The van der Waals surface area contributed by atoms with Crippen molar-refractivity contribution in [3.05, 3.63) is 44.4 Å². The van der Waals surface area contributed by atoms with Gasteiger partial charge in [-0.1, -0.05) is 0 Å². The van der Waals surface area contributed by atoms with Crippen LogP contribution in [-0.2, 0) is 11.3 Å². The standard InChI is InChI=1S/C17H22FN3O3/c1-4-20(5-2)15(22)7-6-8-21-16(23)12-10-13(18)11(3)9-14(12)19-17(21)24/h9-10H,4-8H2,1-3H3,(H,19,24). The van der Waals surface area contributed by atoms with E-state index in [4.69, 9.17) is 0 Å². The van der Waals surface area contributed by atoms with Crippen LogP contribution in [0.2, 0.25) is 0 Å². The summed E-state index contributed by atoms with van der Waals surface area (Å²) in [4.78, 5) is 40.8. The number of H-pyrrole nitrogens is 1. The Bertz CT molecular complexity index is 866. The normalized spacial score (nSPS) is 11.0. The number of aromatic nitrogens is 2. The van der Waals surface area contributed by atoms with Crippen LogP contribution in [0.4, 0.5) is 4.39 Å². The molecule has 0 aliphatic heterocycles. The first kappa shape index (κ1) is 17.9. The topological polar surface area (TPSA) is 75.2 Å². The Morgan fingerprint density at radius 2 is 1.92 bits per heavy atom. The van der Waals surface area contributed by atoms with Gasteiger partial charge in [0, 0.05) is 26.1 Å². The average Bonchev–Trinajstić information content (AvgIpc) is 2.54. The summed E-state index contributed by atoms with van der Waals surface area (Å²) in [5.41, 5.74) is -0.406. The molecule has 0 saturated heterocycles. The molecule has 1 aromatic heterocycles. The van der Waals surface area contributed by atoms with E-state index in [0.717, 1.165) is 10.6 Å². The van der Waals surface area contributed by atoms with Gasteiger partial charge in [0.15, 0.2) is 0 Å². The van der Waals surface area contributed by atoms with Crippen LogP contribution < -0.4 is 11.2 Å². The highest BCUT2D eigenvalue weighted by Gasteiger charge is 2.12. The van der Waals surface area contributed by atoms with Gasteiger partial charge < -0.3 is 9.88 Å². The van der Waals surface area contributed by atoms with Crippen molar-refractivity contribution in [1.29, 1.82) is 0 Å². The molecule has 7 heteroatoms. The molecule has 1 aromatic carbocycles. The first-order valence-electron chi connectivity index (χ1n) is 8.09. The number of rotatable bonds is 6. The Labute approximate surface area is 138 Å².